The molecule has 0 spiro atoms. The number of primary amides is 1. The van der Waals surface area contributed by atoms with Crippen LogP contribution in [0.25, 0.3) is 10.4 Å². The summed E-state index contributed by atoms with van der Waals surface area (Å²) in [7, 11) is 1.17. The largest absolute Gasteiger partial charge is 0.463 e. The first-order valence-electron chi connectivity index (χ1n) is 20.8. The van der Waals surface area contributed by atoms with Gasteiger partial charge in [0.1, 0.15) is 49.3 Å². The lowest BCUT2D eigenvalue weighted by Crippen LogP contribution is -2.68. The Balaban J connectivity index is 1.28. The van der Waals surface area contributed by atoms with Gasteiger partial charge in [-0.05, 0) is 34.4 Å². The maximum Gasteiger partial charge on any atom is 0.306 e. The number of hydrogen-bond donors (Lipinski definition) is 3. The number of nitrogens with zero attached hydrogens (tertiary/aromatic N) is 4. The topological polar surface area (TPSA) is 261 Å². The number of ether oxygens (including phenoxy) is 8. The van der Waals surface area contributed by atoms with E-state index in [-0.39, 0.29) is 43.8 Å². The van der Waals surface area contributed by atoms with Gasteiger partial charge in [-0.3, -0.25) is 24.1 Å². The molecule has 0 unspecified atom stereocenters. The Morgan fingerprint density at radius 2 is 1.22 bits per heavy atom. The minimum atomic E-state index is -2.66. The van der Waals surface area contributed by atoms with Crippen molar-refractivity contribution in [2.45, 2.75) is 93.6 Å². The second-order valence-corrected chi connectivity index (χ2v) is 15.5. The lowest BCUT2D eigenvalue weighted by atomic mass is 9.93. The molecule has 0 saturated carbocycles. The van der Waals surface area contributed by atoms with Crippen molar-refractivity contribution in [3.8, 4) is 0 Å². The van der Waals surface area contributed by atoms with Crippen molar-refractivity contribution in [1.29, 1.82) is 0 Å². The van der Waals surface area contributed by atoms with Crippen LogP contribution < -0.4 is 5.73 Å². The third kappa shape index (κ3) is 10.9. The van der Waals surface area contributed by atoms with Crippen LogP contribution >= 0.6 is 0 Å². The van der Waals surface area contributed by atoms with Gasteiger partial charge in [-0.15, -0.1) is 0 Å². The van der Waals surface area contributed by atoms with E-state index in [0.29, 0.717) is 5.56 Å². The molecule has 0 bridgehead atoms. The Labute approximate surface area is 373 Å². The predicted octanol–water partition coefficient (Wildman–Crippen LogP) is 3.69. The van der Waals surface area contributed by atoms with E-state index in [4.69, 9.17) is 43.6 Å². The first-order valence-corrected chi connectivity index (χ1v) is 20.8. The lowest BCUT2D eigenvalue weighted by Gasteiger charge is -2.49. The summed E-state index contributed by atoms with van der Waals surface area (Å²) in [6.07, 6.45) is -12.3. The van der Waals surface area contributed by atoms with Crippen molar-refractivity contribution in [1.82, 2.24) is 4.90 Å². The molecular weight excluding hydrogens is 847 g/mol. The Morgan fingerprint density at radius 3 is 1.72 bits per heavy atom. The summed E-state index contributed by atoms with van der Waals surface area (Å²) < 4.78 is 49.7. The van der Waals surface area contributed by atoms with Gasteiger partial charge in [0.05, 0.1) is 44.0 Å². The third-order valence-corrected chi connectivity index (χ3v) is 11.2. The maximum atomic E-state index is 14.4. The van der Waals surface area contributed by atoms with Crippen LogP contribution in [0, 0.1) is 0 Å². The van der Waals surface area contributed by atoms with Gasteiger partial charge in [0.25, 0.3) is 11.8 Å². The van der Waals surface area contributed by atoms with Gasteiger partial charge in [-0.1, -0.05) is 108 Å². The third-order valence-electron chi connectivity index (χ3n) is 11.2. The average Bonchev–Trinajstić information content (AvgIpc) is 3.57. The molecule has 4 aromatic carbocycles. The number of carbonyl (C=O) groups excluding carboxylic acids is 4. The number of hydrogen-bond acceptors (Lipinski definition) is 15. The molecule has 3 aliphatic rings. The van der Waals surface area contributed by atoms with Gasteiger partial charge in [-0.2, -0.15) is 0 Å². The van der Waals surface area contributed by atoms with Crippen LogP contribution in [-0.2, 0) is 67.3 Å². The van der Waals surface area contributed by atoms with Crippen LogP contribution in [0.15, 0.2) is 120 Å². The minimum Gasteiger partial charge on any atom is -0.463 e. The van der Waals surface area contributed by atoms with E-state index in [1.807, 2.05) is 60.7 Å². The van der Waals surface area contributed by atoms with Crippen LogP contribution in [0.5, 0.6) is 0 Å². The molecule has 4 N–H and O–H groups in total. The first kappa shape index (κ1) is 46.9. The van der Waals surface area contributed by atoms with E-state index in [2.05, 4.69) is 10.0 Å². The van der Waals surface area contributed by atoms with Gasteiger partial charge < -0.3 is 53.8 Å². The highest BCUT2D eigenvalue weighted by molar-refractivity contribution is 6.21. The summed E-state index contributed by atoms with van der Waals surface area (Å²) >= 11 is 0. The summed E-state index contributed by atoms with van der Waals surface area (Å²) in [5.41, 5.74) is 14.4. The standard InChI is InChI=1S/C46H49N5O14/c1-58-45-46(57,49-50-48)41(54)39(61-24-29-15-7-3-8-16-29)34(65-45)27-63-44-37(51-42(55)31-19-11-12-20-32(31)43(51)56)40(62-25-30-17-9-4-10-18-30)38(60-23-28-13-5-2-6-14-28)33(64-44)26-59-36(53)22-21-35(47)52/h2-20,33-34,37-41,44-45,54,57H,21-27H2,1H3,(H2,47,52)/t33-,34-,37-,38-,39+,40-,41+,44-,45-,46-/m1/s1. The van der Waals surface area contributed by atoms with Crippen molar-refractivity contribution in [3.05, 3.63) is 154 Å². The molecule has 19 heteroatoms. The fourth-order valence-electron chi connectivity index (χ4n) is 7.93. The van der Waals surface area contributed by atoms with Crippen LogP contribution in [0.4, 0.5) is 0 Å². The number of fused-ring (bicyclic) bond motifs is 1. The highest BCUT2D eigenvalue weighted by Crippen LogP contribution is 2.38. The number of azide groups is 1. The summed E-state index contributed by atoms with van der Waals surface area (Å²) in [5.74, 6) is -2.82. The van der Waals surface area contributed by atoms with Crippen LogP contribution in [-0.4, -0.2) is 120 Å². The number of methoxy groups -OCH3 is 1. The van der Waals surface area contributed by atoms with E-state index in [0.717, 1.165) is 16.0 Å². The summed E-state index contributed by atoms with van der Waals surface area (Å²) in [4.78, 5) is 57.1. The zero-order valence-corrected chi connectivity index (χ0v) is 35.3. The second-order valence-electron chi connectivity index (χ2n) is 15.5. The molecule has 2 saturated heterocycles. The maximum absolute atomic E-state index is 14.4. The van der Waals surface area contributed by atoms with Crippen molar-refractivity contribution >= 4 is 23.7 Å². The number of rotatable bonds is 20. The number of amides is 3. The van der Waals surface area contributed by atoms with E-state index >= 15 is 0 Å². The fraction of sp³-hybridized carbons (Fsp3) is 0.391. The molecule has 4 aromatic rings. The van der Waals surface area contributed by atoms with Gasteiger partial charge in [-0.25, -0.2) is 0 Å². The zero-order chi connectivity index (χ0) is 45.9. The van der Waals surface area contributed by atoms with Crippen LogP contribution in [0.1, 0.15) is 50.2 Å². The van der Waals surface area contributed by atoms with Gasteiger partial charge in [0.2, 0.25) is 11.6 Å². The molecule has 19 nitrogen and oxygen atoms in total. The van der Waals surface area contributed by atoms with E-state index in [9.17, 15) is 34.9 Å². The Bertz CT molecular complexity index is 2270. The molecule has 0 aliphatic carbocycles. The normalized spacial score (nSPS) is 27.4. The molecule has 3 heterocycles. The molecular formula is C46H49N5O14. The molecule has 65 heavy (non-hydrogen) atoms. The Hall–Kier alpha value is -6.09. The Morgan fingerprint density at radius 1 is 0.723 bits per heavy atom. The van der Waals surface area contributed by atoms with Crippen LogP contribution in [0.3, 0.4) is 0 Å². The van der Waals surface area contributed by atoms with Crippen molar-refractivity contribution in [2.75, 3.05) is 20.3 Å². The van der Waals surface area contributed by atoms with Crippen molar-refractivity contribution < 1.29 is 67.3 Å². The summed E-state index contributed by atoms with van der Waals surface area (Å²) in [6, 6.07) is 32.1. The number of aliphatic hydroxyl groups excluding tert-OH is 1. The quantitative estimate of drug-likeness (QED) is 0.0376. The summed E-state index contributed by atoms with van der Waals surface area (Å²) in [6.45, 7) is -1.14. The molecule has 0 aromatic heterocycles. The molecule has 3 aliphatic heterocycles. The van der Waals surface area contributed by atoms with E-state index < -0.39 is 97.9 Å². The number of benzene rings is 4. The fourth-order valence-corrected chi connectivity index (χ4v) is 7.93. The van der Waals surface area contributed by atoms with E-state index in [1.165, 1.54) is 19.2 Å². The molecule has 10 atom stereocenters. The monoisotopic (exact) mass is 895 g/mol. The van der Waals surface area contributed by atoms with Crippen molar-refractivity contribution in [3.63, 3.8) is 0 Å². The first-order chi connectivity index (χ1) is 31.5. The summed E-state index contributed by atoms with van der Waals surface area (Å²) in [5, 5.41) is 26.5. The smallest absolute Gasteiger partial charge is 0.306 e. The van der Waals surface area contributed by atoms with E-state index in [1.54, 1.807) is 42.5 Å². The van der Waals surface area contributed by atoms with Crippen molar-refractivity contribution in [2.24, 2.45) is 10.8 Å². The molecule has 0 radical (unpaired) electrons. The SMILES string of the molecule is CO[C@@H]1O[C@H](CO[C@@H]2O[C@H](COC(=O)CCC(N)=O)[C@@H](OCc3ccccc3)[C@H](OCc3ccccc3)[C@H]2N2C(=O)c3ccccc3C2=O)[C@H](OCc2ccccc2)[C@H](O)[C@]1(O)N=[N+]=[N-]. The number of carbonyl (C=O) groups is 4. The molecule has 7 rings (SSSR count). The molecule has 342 valence electrons. The molecule has 2 fully saturated rings. The lowest BCUT2D eigenvalue weighted by molar-refractivity contribution is -0.352. The van der Waals surface area contributed by atoms with Gasteiger partial charge >= 0.3 is 5.97 Å². The number of nitrogens with two attached hydrogens (primary N) is 1. The highest BCUT2D eigenvalue weighted by atomic mass is 16.7. The number of imide groups is 1. The van der Waals surface area contributed by atoms with Crippen LogP contribution in [0.2, 0.25) is 0 Å². The minimum absolute atomic E-state index is 0.00667. The number of esters is 1. The predicted molar refractivity (Wildman–Crippen MR) is 226 cm³/mol. The molecule has 3 amide bonds. The number of aliphatic hydroxyl groups is 2. The Kier molecular flexibility index (Phi) is 15.7. The second kappa shape index (κ2) is 21.7. The van der Waals surface area contributed by atoms with Gasteiger partial charge in [0, 0.05) is 18.4 Å². The van der Waals surface area contributed by atoms with Gasteiger partial charge in [0.15, 0.2) is 12.6 Å². The highest BCUT2D eigenvalue weighted by Gasteiger charge is 2.59. The average molecular weight is 896 g/mol. The zero-order valence-electron chi connectivity index (χ0n) is 35.3.